The smallest absolute Gasteiger partial charge is 0.212 e. The zero-order valence-electron chi connectivity index (χ0n) is 22.3. The largest absolute Gasteiger partial charge is 0.489 e. The SMILES string of the molecule is COc1ccc(CN2C[C@H]3C[C@@H]2CN3c2ccc(-c3cc(OCC(C)(C)O)cn4ncc(C#N)c34)cn2)cn1. The third-order valence-corrected chi connectivity index (χ3v) is 7.40. The van der Waals surface area contributed by atoms with Gasteiger partial charge in [0.1, 0.15) is 24.2 Å². The molecule has 2 aliphatic rings. The van der Waals surface area contributed by atoms with Gasteiger partial charge >= 0.3 is 0 Å². The molecule has 0 aromatic carbocycles. The molecular weight excluding hydrogens is 494 g/mol. The van der Waals surface area contributed by atoms with Crippen molar-refractivity contribution >= 4 is 11.3 Å². The van der Waals surface area contributed by atoms with Gasteiger partial charge in [-0.1, -0.05) is 6.07 Å². The van der Waals surface area contributed by atoms with E-state index in [0.29, 0.717) is 34.8 Å². The molecule has 4 aromatic heterocycles. The molecule has 2 bridgehead atoms. The maximum Gasteiger partial charge on any atom is 0.212 e. The number of anilines is 1. The van der Waals surface area contributed by atoms with Crippen molar-refractivity contribution in [3.05, 3.63) is 66.2 Å². The lowest BCUT2D eigenvalue weighted by Gasteiger charge is -2.35. The quantitative estimate of drug-likeness (QED) is 0.370. The maximum absolute atomic E-state index is 10.1. The first kappa shape index (κ1) is 25.1. The van der Waals surface area contributed by atoms with Crippen LogP contribution < -0.4 is 14.4 Å². The van der Waals surface area contributed by atoms with E-state index in [2.05, 4.69) is 38.1 Å². The molecule has 0 amide bonds. The molecule has 1 N–H and O–H groups in total. The zero-order valence-corrected chi connectivity index (χ0v) is 22.3. The lowest BCUT2D eigenvalue weighted by Crippen LogP contribution is -2.46. The van der Waals surface area contributed by atoms with Gasteiger partial charge in [-0.25, -0.2) is 14.5 Å². The van der Waals surface area contributed by atoms with E-state index >= 15 is 0 Å². The monoisotopic (exact) mass is 525 g/mol. The predicted molar refractivity (Wildman–Crippen MR) is 146 cm³/mol. The second-order valence-corrected chi connectivity index (χ2v) is 10.9. The highest BCUT2D eigenvalue weighted by Gasteiger charge is 2.43. The molecule has 10 heteroatoms. The number of ether oxygens (including phenoxy) is 2. The number of pyridine rings is 3. The fourth-order valence-electron chi connectivity index (χ4n) is 5.54. The van der Waals surface area contributed by atoms with Crippen molar-refractivity contribution < 1.29 is 14.6 Å². The van der Waals surface area contributed by atoms with Crippen molar-refractivity contribution in [2.24, 2.45) is 0 Å². The van der Waals surface area contributed by atoms with Gasteiger partial charge in [-0.3, -0.25) is 4.90 Å². The highest BCUT2D eigenvalue weighted by atomic mass is 16.5. The Morgan fingerprint density at radius 2 is 1.97 bits per heavy atom. The normalized spacial score (nSPS) is 19.0. The first-order valence-electron chi connectivity index (χ1n) is 13.0. The molecule has 0 spiro atoms. The third kappa shape index (κ3) is 4.99. The van der Waals surface area contributed by atoms with Crippen LogP contribution in [0.1, 0.15) is 31.4 Å². The Morgan fingerprint density at radius 3 is 2.62 bits per heavy atom. The second kappa shape index (κ2) is 9.84. The molecule has 0 saturated carbocycles. The van der Waals surface area contributed by atoms with Gasteiger partial charge in [0.05, 0.1) is 36.2 Å². The standard InChI is InChI=1S/C29H31N7O3/c1-29(2,37)18-39-24-9-25(28-21(10-30)13-33-36(28)17-24)20-5-6-26(31-12-20)35-16-22-8-23(35)15-34(22)14-19-4-7-27(38-3)32-11-19/h4-7,9,11-13,17,22-23,37H,8,14-16,18H2,1-3H3/t22-,23-/m1/s1. The summed E-state index contributed by atoms with van der Waals surface area (Å²) in [6.45, 7) is 6.32. The van der Waals surface area contributed by atoms with E-state index in [9.17, 15) is 10.4 Å². The van der Waals surface area contributed by atoms with Gasteiger partial charge in [0, 0.05) is 61.3 Å². The Bertz CT molecular complexity index is 1520. The van der Waals surface area contributed by atoms with Gasteiger partial charge in [0.15, 0.2) is 0 Å². The summed E-state index contributed by atoms with van der Waals surface area (Å²) in [5, 5.41) is 24.1. The van der Waals surface area contributed by atoms with Gasteiger partial charge in [-0.2, -0.15) is 10.4 Å². The molecule has 10 nitrogen and oxygen atoms in total. The maximum atomic E-state index is 10.1. The fourth-order valence-corrected chi connectivity index (χ4v) is 5.54. The lowest BCUT2D eigenvalue weighted by atomic mass is 10.1. The van der Waals surface area contributed by atoms with E-state index in [4.69, 9.17) is 14.5 Å². The van der Waals surface area contributed by atoms with Gasteiger partial charge < -0.3 is 19.5 Å². The molecule has 2 fully saturated rings. The van der Waals surface area contributed by atoms with Gasteiger partial charge in [0.2, 0.25) is 5.88 Å². The first-order chi connectivity index (χ1) is 18.8. The van der Waals surface area contributed by atoms with E-state index < -0.39 is 5.60 Å². The van der Waals surface area contributed by atoms with Gasteiger partial charge in [-0.05, 0) is 44.0 Å². The molecule has 4 aromatic rings. The fraction of sp³-hybridized carbons (Fsp3) is 0.379. The van der Waals surface area contributed by atoms with Crippen molar-refractivity contribution in [2.75, 3.05) is 31.7 Å². The van der Waals surface area contributed by atoms with Crippen molar-refractivity contribution in [2.45, 2.75) is 44.5 Å². The van der Waals surface area contributed by atoms with E-state index in [1.165, 1.54) is 5.56 Å². The number of rotatable bonds is 8. The number of nitrogens with zero attached hydrogens (tertiary/aromatic N) is 7. The Hall–Kier alpha value is -4.20. The Balaban J connectivity index is 1.20. The van der Waals surface area contributed by atoms with Crippen LogP contribution in [0.15, 0.2) is 55.1 Å². The van der Waals surface area contributed by atoms with Crippen molar-refractivity contribution in [3.8, 4) is 28.8 Å². The topological polar surface area (TPSA) is 112 Å². The minimum Gasteiger partial charge on any atom is -0.489 e. The predicted octanol–water partition coefficient (Wildman–Crippen LogP) is 3.28. The summed E-state index contributed by atoms with van der Waals surface area (Å²) in [6, 6.07) is 13.1. The van der Waals surface area contributed by atoms with Crippen LogP contribution in [0.2, 0.25) is 0 Å². The minimum absolute atomic E-state index is 0.130. The van der Waals surface area contributed by atoms with Crippen LogP contribution in [0.3, 0.4) is 0 Å². The number of methoxy groups -OCH3 is 1. The number of piperazine rings is 1. The average Bonchev–Trinajstić information content (AvgIpc) is 3.66. The summed E-state index contributed by atoms with van der Waals surface area (Å²) < 4.78 is 12.7. The summed E-state index contributed by atoms with van der Waals surface area (Å²) >= 11 is 0. The van der Waals surface area contributed by atoms with Crippen molar-refractivity contribution in [1.82, 2.24) is 24.5 Å². The first-order valence-corrected chi connectivity index (χ1v) is 13.0. The molecule has 2 aliphatic heterocycles. The van der Waals surface area contributed by atoms with Crippen LogP contribution in [-0.4, -0.2) is 74.1 Å². The van der Waals surface area contributed by atoms with E-state index in [0.717, 1.165) is 43.0 Å². The summed E-state index contributed by atoms with van der Waals surface area (Å²) in [7, 11) is 1.63. The summed E-state index contributed by atoms with van der Waals surface area (Å²) in [5.41, 5.74) is 3.06. The third-order valence-electron chi connectivity index (χ3n) is 7.40. The minimum atomic E-state index is -0.976. The molecule has 0 unspecified atom stereocenters. The molecule has 6 heterocycles. The number of hydrogen-bond donors (Lipinski definition) is 1. The Morgan fingerprint density at radius 1 is 1.10 bits per heavy atom. The van der Waals surface area contributed by atoms with Crippen LogP contribution >= 0.6 is 0 Å². The van der Waals surface area contributed by atoms with Crippen molar-refractivity contribution in [3.63, 3.8) is 0 Å². The summed E-state index contributed by atoms with van der Waals surface area (Å²) in [5.74, 6) is 2.14. The van der Waals surface area contributed by atoms with Crippen LogP contribution in [0.25, 0.3) is 16.6 Å². The van der Waals surface area contributed by atoms with E-state index in [1.807, 2.05) is 30.6 Å². The summed E-state index contributed by atoms with van der Waals surface area (Å²) in [6.07, 6.45) is 8.14. The highest BCUT2D eigenvalue weighted by molar-refractivity contribution is 5.85. The average molecular weight is 526 g/mol. The number of nitriles is 1. The summed E-state index contributed by atoms with van der Waals surface area (Å²) in [4.78, 5) is 14.1. The van der Waals surface area contributed by atoms with E-state index in [-0.39, 0.29) is 6.61 Å². The molecular formula is C29H31N7O3. The van der Waals surface area contributed by atoms with Crippen LogP contribution in [0, 0.1) is 11.3 Å². The molecule has 200 valence electrons. The highest BCUT2D eigenvalue weighted by Crippen LogP contribution is 2.36. The number of likely N-dealkylation sites (tertiary alicyclic amines) is 1. The number of aromatic nitrogens is 4. The van der Waals surface area contributed by atoms with Gasteiger partial charge in [-0.15, -0.1) is 0 Å². The molecule has 0 radical (unpaired) electrons. The number of hydrogen-bond acceptors (Lipinski definition) is 9. The Kier molecular flexibility index (Phi) is 6.33. The van der Waals surface area contributed by atoms with Crippen molar-refractivity contribution in [1.29, 1.82) is 5.26 Å². The van der Waals surface area contributed by atoms with Crippen LogP contribution in [0.4, 0.5) is 5.82 Å². The van der Waals surface area contributed by atoms with Crippen LogP contribution in [0.5, 0.6) is 11.6 Å². The second-order valence-electron chi connectivity index (χ2n) is 10.9. The molecule has 0 aliphatic carbocycles. The van der Waals surface area contributed by atoms with E-state index in [1.54, 1.807) is 37.9 Å². The molecule has 39 heavy (non-hydrogen) atoms. The number of fused-ring (bicyclic) bond motifs is 3. The molecule has 2 atom stereocenters. The zero-order chi connectivity index (χ0) is 27.1. The van der Waals surface area contributed by atoms with Gasteiger partial charge in [0.25, 0.3) is 0 Å². The Labute approximate surface area is 227 Å². The van der Waals surface area contributed by atoms with Crippen LogP contribution in [-0.2, 0) is 6.54 Å². The lowest BCUT2D eigenvalue weighted by molar-refractivity contribution is 0.0283. The number of aliphatic hydroxyl groups is 1. The molecule has 6 rings (SSSR count). The molecule has 2 saturated heterocycles.